The van der Waals surface area contributed by atoms with Gasteiger partial charge in [-0.05, 0) is 17.7 Å². The lowest BCUT2D eigenvalue weighted by molar-refractivity contribution is -0.384. The minimum absolute atomic E-state index is 0.0315. The summed E-state index contributed by atoms with van der Waals surface area (Å²) in [6.07, 6.45) is 1.95. The molecule has 0 amide bonds. The average Bonchev–Trinajstić information content (AvgIpc) is 3.25. The van der Waals surface area contributed by atoms with E-state index in [1.165, 1.54) is 17.3 Å². The van der Waals surface area contributed by atoms with Crippen LogP contribution in [0.1, 0.15) is 19.4 Å². The zero-order chi connectivity index (χ0) is 24.1. The molecule has 0 spiro atoms. The van der Waals surface area contributed by atoms with Crippen molar-refractivity contribution < 1.29 is 9.66 Å². The number of hydrogen-bond donors (Lipinski definition) is 0. The summed E-state index contributed by atoms with van der Waals surface area (Å²) in [6.45, 7) is 7.14. The summed E-state index contributed by atoms with van der Waals surface area (Å²) in [4.78, 5) is 13.3. The summed E-state index contributed by atoms with van der Waals surface area (Å²) in [5.41, 5.74) is 3.96. The molecule has 1 saturated heterocycles. The fraction of sp³-hybridized carbons (Fsp3) is 0.375. The molecule has 3 heterocycles. The third-order valence-electron chi connectivity index (χ3n) is 6.86. The Kier molecular flexibility index (Phi) is 5.59. The van der Waals surface area contributed by atoms with Crippen LogP contribution in [0.25, 0.3) is 0 Å². The molecule has 2 aromatic carbocycles. The van der Waals surface area contributed by atoms with E-state index in [0.29, 0.717) is 32.0 Å². The Morgan fingerprint density at radius 3 is 2.56 bits per heavy atom. The van der Waals surface area contributed by atoms with Gasteiger partial charge in [-0.1, -0.05) is 38.1 Å². The molecule has 9 nitrogen and oxygen atoms in total. The van der Waals surface area contributed by atoms with Crippen LogP contribution in [0, 0.1) is 10.1 Å². The molecule has 0 aromatic heterocycles. The summed E-state index contributed by atoms with van der Waals surface area (Å²) >= 11 is 0. The van der Waals surface area contributed by atoms with Gasteiger partial charge in [0.25, 0.3) is 5.69 Å². The summed E-state index contributed by atoms with van der Waals surface area (Å²) in [5, 5.41) is 17.3. The van der Waals surface area contributed by atoms with Crippen LogP contribution in [0.4, 0.5) is 17.1 Å². The third-order valence-corrected chi connectivity index (χ3v) is 10.4. The highest BCUT2D eigenvalue weighted by molar-refractivity contribution is 7.67. The van der Waals surface area contributed by atoms with Crippen LogP contribution in [-0.4, -0.2) is 61.0 Å². The zero-order valence-electron chi connectivity index (χ0n) is 19.9. The first-order chi connectivity index (χ1) is 16.3. The van der Waals surface area contributed by atoms with Crippen LogP contribution in [0.3, 0.4) is 0 Å². The number of nitro benzene ring substituents is 1. The fourth-order valence-corrected chi connectivity index (χ4v) is 8.91. The quantitative estimate of drug-likeness (QED) is 0.343. The van der Waals surface area contributed by atoms with E-state index in [9.17, 15) is 10.1 Å². The van der Waals surface area contributed by atoms with Gasteiger partial charge in [0.05, 0.1) is 35.4 Å². The summed E-state index contributed by atoms with van der Waals surface area (Å²) in [5.74, 6) is 0. The monoisotopic (exact) mass is 480 g/mol. The second kappa shape index (κ2) is 8.34. The molecular formula is C24H29N6O3P. The van der Waals surface area contributed by atoms with Crippen LogP contribution < -0.4 is 4.90 Å². The second-order valence-corrected chi connectivity index (χ2v) is 12.1. The largest absolute Gasteiger partial charge is 0.379 e. The van der Waals surface area contributed by atoms with Gasteiger partial charge in [0.2, 0.25) is 0 Å². The molecule has 0 bridgehead atoms. The molecule has 3 aliphatic heterocycles. The predicted molar refractivity (Wildman–Crippen MR) is 136 cm³/mol. The number of fused-ring (bicyclic) bond motifs is 1. The minimum Gasteiger partial charge on any atom is -0.379 e. The number of nitrogens with zero attached hydrogens (tertiary/aromatic N) is 6. The Hall–Kier alpha value is -3.00. The van der Waals surface area contributed by atoms with E-state index < -0.39 is 7.36 Å². The first-order valence-corrected chi connectivity index (χ1v) is 13.0. The topological polar surface area (TPSA) is 86.8 Å². The Bertz CT molecular complexity index is 1260. The van der Waals surface area contributed by atoms with Gasteiger partial charge in [-0.25, -0.2) is 14.2 Å². The average molecular weight is 481 g/mol. The standard InChI is InChI=1S/C24H29N6O3P/c1-24(2)20-10-5-6-11-21(20)27(3)23(24)22-17-25-28(4)34(22,29-12-14-33-15-13-29)26-18-8-7-9-19(16-18)30(31)32/h5-11,16-17H,12-15H2,1-4H3. The van der Waals surface area contributed by atoms with E-state index >= 15 is 0 Å². The van der Waals surface area contributed by atoms with Crippen molar-refractivity contribution in [2.24, 2.45) is 9.85 Å². The predicted octanol–water partition coefficient (Wildman–Crippen LogP) is 5.16. The normalized spacial score (nSPS) is 26.1. The van der Waals surface area contributed by atoms with Gasteiger partial charge in [0.1, 0.15) is 0 Å². The SMILES string of the molecule is CN1C(=C2C=NN(C)P2(=Nc2cccc([N+](=O)[O-])c2)N2CCOCC2)C(C)(C)c2ccccc21. The summed E-state index contributed by atoms with van der Waals surface area (Å²) in [7, 11) is 1.48. The minimum atomic E-state index is -2.59. The highest BCUT2D eigenvalue weighted by Crippen LogP contribution is 2.69. The number of hydrogen-bond acceptors (Lipinski definition) is 6. The lowest BCUT2D eigenvalue weighted by Crippen LogP contribution is -2.37. The molecular weight excluding hydrogens is 451 g/mol. The first kappa shape index (κ1) is 22.8. The van der Waals surface area contributed by atoms with E-state index in [1.54, 1.807) is 12.1 Å². The second-order valence-electron chi connectivity index (χ2n) is 9.18. The third kappa shape index (κ3) is 3.38. The van der Waals surface area contributed by atoms with Crippen molar-refractivity contribution in [2.45, 2.75) is 19.3 Å². The van der Waals surface area contributed by atoms with Crippen LogP contribution in [0.2, 0.25) is 0 Å². The van der Waals surface area contributed by atoms with Gasteiger partial charge in [0.15, 0.2) is 7.36 Å². The number of benzene rings is 2. The molecule has 1 atom stereocenters. The molecule has 178 valence electrons. The van der Waals surface area contributed by atoms with Crippen LogP contribution >= 0.6 is 7.36 Å². The molecule has 3 aliphatic rings. The molecule has 0 saturated carbocycles. The molecule has 34 heavy (non-hydrogen) atoms. The number of morpholine rings is 1. The number of ether oxygens (including phenoxy) is 1. The number of nitro groups is 1. The van der Waals surface area contributed by atoms with Crippen molar-refractivity contribution in [3.8, 4) is 0 Å². The van der Waals surface area contributed by atoms with Gasteiger partial charge in [-0.3, -0.25) is 10.1 Å². The van der Waals surface area contributed by atoms with Gasteiger partial charge in [-0.15, -0.1) is 0 Å². The lowest BCUT2D eigenvalue weighted by Gasteiger charge is -2.41. The number of para-hydroxylation sites is 1. The Morgan fingerprint density at radius 2 is 1.85 bits per heavy atom. The van der Waals surface area contributed by atoms with Crippen LogP contribution in [-0.2, 0) is 10.2 Å². The maximum absolute atomic E-state index is 11.5. The smallest absolute Gasteiger partial charge is 0.271 e. The fourth-order valence-electron chi connectivity index (χ4n) is 5.28. The van der Waals surface area contributed by atoms with Gasteiger partial charge >= 0.3 is 0 Å². The summed E-state index contributed by atoms with van der Waals surface area (Å²) < 4.78 is 15.3. The Labute approximate surface area is 199 Å². The van der Waals surface area contributed by atoms with Crippen molar-refractivity contribution in [3.05, 3.63) is 75.2 Å². The van der Waals surface area contributed by atoms with E-state index in [4.69, 9.17) is 14.6 Å². The highest BCUT2D eigenvalue weighted by atomic mass is 31.2. The number of allylic oxidation sites excluding steroid dienone is 2. The van der Waals surface area contributed by atoms with Gasteiger partial charge in [-0.2, -0.15) is 5.10 Å². The van der Waals surface area contributed by atoms with Crippen molar-refractivity contribution >= 4 is 30.6 Å². The molecule has 0 N–H and O–H groups in total. The van der Waals surface area contributed by atoms with E-state index in [1.807, 2.05) is 24.1 Å². The maximum atomic E-state index is 11.5. The highest BCUT2D eigenvalue weighted by Gasteiger charge is 2.48. The molecule has 0 aliphatic carbocycles. The van der Waals surface area contributed by atoms with Crippen LogP contribution in [0.5, 0.6) is 0 Å². The van der Waals surface area contributed by atoms with Crippen molar-refractivity contribution in [3.63, 3.8) is 0 Å². The molecule has 5 rings (SSSR count). The lowest BCUT2D eigenvalue weighted by atomic mass is 9.84. The van der Waals surface area contributed by atoms with Gasteiger partial charge < -0.3 is 9.64 Å². The summed E-state index contributed by atoms with van der Waals surface area (Å²) in [6, 6.07) is 15.0. The Morgan fingerprint density at radius 1 is 1.12 bits per heavy atom. The van der Waals surface area contributed by atoms with Crippen molar-refractivity contribution in [2.75, 3.05) is 45.3 Å². The molecule has 1 fully saturated rings. The van der Waals surface area contributed by atoms with E-state index in [0.717, 1.165) is 11.0 Å². The van der Waals surface area contributed by atoms with Crippen molar-refractivity contribution in [1.29, 1.82) is 0 Å². The molecule has 0 radical (unpaired) electrons. The molecule has 2 aromatic rings. The Balaban J connectivity index is 1.80. The number of rotatable bonds is 3. The van der Waals surface area contributed by atoms with Crippen molar-refractivity contribution in [1.82, 2.24) is 9.45 Å². The molecule has 1 unspecified atom stereocenters. The maximum Gasteiger partial charge on any atom is 0.271 e. The van der Waals surface area contributed by atoms with Crippen LogP contribution in [0.15, 0.2) is 69.4 Å². The first-order valence-electron chi connectivity index (χ1n) is 11.3. The number of likely N-dealkylation sites (N-methyl/N-ethyl adjacent to an activating group) is 1. The molecule has 10 heteroatoms. The number of hydrazone groups is 1. The zero-order valence-corrected chi connectivity index (χ0v) is 20.8. The number of non-ortho nitro benzene ring substituents is 1. The number of anilines is 1. The van der Waals surface area contributed by atoms with Gasteiger partial charge in [0, 0.05) is 56.1 Å². The van der Waals surface area contributed by atoms with E-state index in [2.05, 4.69) is 54.7 Å². The van der Waals surface area contributed by atoms with E-state index in [-0.39, 0.29) is 16.0 Å².